The van der Waals surface area contributed by atoms with Gasteiger partial charge in [0.1, 0.15) is 0 Å². The van der Waals surface area contributed by atoms with Crippen molar-refractivity contribution in [2.75, 3.05) is 6.54 Å². The Morgan fingerprint density at radius 3 is 2.79 bits per heavy atom. The van der Waals surface area contributed by atoms with Crippen LogP contribution in [0.25, 0.3) is 0 Å². The maximum Gasteiger partial charge on any atom is 0.0708 e. The third kappa shape index (κ3) is 3.32. The van der Waals surface area contributed by atoms with Crippen LogP contribution in [0.15, 0.2) is 0 Å². The second-order valence-electron chi connectivity index (χ2n) is 4.57. The minimum Gasteiger partial charge on any atom is -0.371 e. The molecular weight excluding hydrogens is 174 g/mol. The molecule has 0 aromatic heterocycles. The van der Waals surface area contributed by atoms with Gasteiger partial charge in [0, 0.05) is 6.54 Å². The maximum atomic E-state index is 5.86. The van der Waals surface area contributed by atoms with Gasteiger partial charge >= 0.3 is 0 Å². The van der Waals surface area contributed by atoms with E-state index in [9.17, 15) is 0 Å². The number of ether oxygens (including phenoxy) is 1. The van der Waals surface area contributed by atoms with Crippen LogP contribution in [0, 0.1) is 12.3 Å². The van der Waals surface area contributed by atoms with E-state index in [1.165, 1.54) is 0 Å². The summed E-state index contributed by atoms with van der Waals surface area (Å²) in [5.41, 5.74) is 0.0597. The Morgan fingerprint density at radius 2 is 2.36 bits per heavy atom. The average Bonchev–Trinajstić information content (AvgIpc) is 2.47. The fraction of sp³-hybridized carbons (Fsp3) is 0.833. The molecule has 0 spiro atoms. The number of terminal acetylenes is 1. The van der Waals surface area contributed by atoms with Gasteiger partial charge in [-0.3, -0.25) is 0 Å². The molecule has 1 N–H and O–H groups in total. The van der Waals surface area contributed by atoms with Crippen LogP contribution in [-0.4, -0.2) is 24.3 Å². The van der Waals surface area contributed by atoms with Crippen molar-refractivity contribution in [3.63, 3.8) is 0 Å². The van der Waals surface area contributed by atoms with Crippen LogP contribution in [0.2, 0.25) is 0 Å². The van der Waals surface area contributed by atoms with E-state index in [0.717, 1.165) is 25.8 Å². The predicted octanol–water partition coefficient (Wildman–Crippen LogP) is 1.95. The highest BCUT2D eigenvalue weighted by Crippen LogP contribution is 2.28. The molecule has 0 amide bonds. The molecule has 0 aliphatic carbocycles. The Bertz CT molecular complexity index is 217. The van der Waals surface area contributed by atoms with Gasteiger partial charge in [0.15, 0.2) is 0 Å². The molecule has 1 heterocycles. The van der Waals surface area contributed by atoms with Crippen LogP contribution in [0.4, 0.5) is 0 Å². The van der Waals surface area contributed by atoms with E-state index in [4.69, 9.17) is 11.2 Å². The van der Waals surface area contributed by atoms with Crippen LogP contribution in [0.3, 0.4) is 0 Å². The molecule has 0 bridgehead atoms. The fourth-order valence-corrected chi connectivity index (χ4v) is 1.82. The van der Waals surface area contributed by atoms with Gasteiger partial charge in [-0.1, -0.05) is 12.8 Å². The number of rotatable bonds is 4. The summed E-state index contributed by atoms with van der Waals surface area (Å²) in [4.78, 5) is 0. The molecule has 2 nitrogen and oxygen atoms in total. The third-order valence-electron chi connectivity index (χ3n) is 2.76. The van der Waals surface area contributed by atoms with Gasteiger partial charge in [0.05, 0.1) is 17.7 Å². The van der Waals surface area contributed by atoms with Crippen molar-refractivity contribution in [1.29, 1.82) is 0 Å². The van der Waals surface area contributed by atoms with Gasteiger partial charge in [0.2, 0.25) is 0 Å². The predicted molar refractivity (Wildman–Crippen MR) is 59.1 cm³/mol. The van der Waals surface area contributed by atoms with Crippen LogP contribution in [0.1, 0.15) is 40.0 Å². The first-order chi connectivity index (χ1) is 6.57. The standard InChI is InChI=1S/C12H21NO/c1-5-10(6-2)13-9-11-7-8-12(3,4)14-11/h1,10-11,13H,6-9H2,2-4H3. The lowest BCUT2D eigenvalue weighted by Gasteiger charge is -2.20. The Balaban J connectivity index is 2.24. The lowest BCUT2D eigenvalue weighted by atomic mass is 10.1. The molecule has 1 fully saturated rings. The summed E-state index contributed by atoms with van der Waals surface area (Å²) >= 11 is 0. The second-order valence-corrected chi connectivity index (χ2v) is 4.57. The molecule has 0 saturated carbocycles. The summed E-state index contributed by atoms with van der Waals surface area (Å²) in [6.45, 7) is 7.26. The lowest BCUT2D eigenvalue weighted by molar-refractivity contribution is -0.0146. The third-order valence-corrected chi connectivity index (χ3v) is 2.76. The van der Waals surface area contributed by atoms with E-state index in [0.29, 0.717) is 6.10 Å². The number of nitrogens with one attached hydrogen (secondary N) is 1. The Kier molecular flexibility index (Phi) is 3.97. The van der Waals surface area contributed by atoms with E-state index >= 15 is 0 Å². The molecule has 2 unspecified atom stereocenters. The Morgan fingerprint density at radius 1 is 1.64 bits per heavy atom. The van der Waals surface area contributed by atoms with Crippen molar-refractivity contribution in [3.8, 4) is 12.3 Å². The quantitative estimate of drug-likeness (QED) is 0.692. The zero-order valence-corrected chi connectivity index (χ0v) is 9.47. The first-order valence-electron chi connectivity index (χ1n) is 5.44. The summed E-state index contributed by atoms with van der Waals surface area (Å²) in [5.74, 6) is 2.73. The summed E-state index contributed by atoms with van der Waals surface area (Å²) in [7, 11) is 0. The van der Waals surface area contributed by atoms with Crippen molar-refractivity contribution in [3.05, 3.63) is 0 Å². The second kappa shape index (κ2) is 4.82. The van der Waals surface area contributed by atoms with Gasteiger partial charge in [-0.15, -0.1) is 6.42 Å². The van der Waals surface area contributed by atoms with Gasteiger partial charge < -0.3 is 10.1 Å². The Labute approximate surface area is 87.4 Å². The molecule has 2 atom stereocenters. The van der Waals surface area contributed by atoms with Crippen molar-refractivity contribution >= 4 is 0 Å². The lowest BCUT2D eigenvalue weighted by Crippen LogP contribution is -2.35. The normalized spacial score (nSPS) is 27.1. The van der Waals surface area contributed by atoms with Gasteiger partial charge in [-0.2, -0.15) is 0 Å². The van der Waals surface area contributed by atoms with Crippen molar-refractivity contribution in [2.45, 2.75) is 57.8 Å². The molecule has 0 radical (unpaired) electrons. The first kappa shape index (κ1) is 11.6. The van der Waals surface area contributed by atoms with Gasteiger partial charge in [-0.25, -0.2) is 0 Å². The van der Waals surface area contributed by atoms with E-state index < -0.39 is 0 Å². The molecule has 1 aliphatic rings. The molecular formula is C12H21NO. The zero-order valence-electron chi connectivity index (χ0n) is 9.47. The average molecular weight is 195 g/mol. The molecule has 80 valence electrons. The summed E-state index contributed by atoms with van der Waals surface area (Å²) in [6.07, 6.45) is 8.97. The molecule has 1 rings (SSSR count). The SMILES string of the molecule is C#CC(CC)NCC1CCC(C)(C)O1. The van der Waals surface area contributed by atoms with Gasteiger partial charge in [0.25, 0.3) is 0 Å². The Hall–Kier alpha value is -0.520. The molecule has 0 aromatic rings. The summed E-state index contributed by atoms with van der Waals surface area (Å²) in [6, 6.07) is 0.197. The van der Waals surface area contributed by atoms with Crippen LogP contribution >= 0.6 is 0 Å². The highest BCUT2D eigenvalue weighted by molar-refractivity contribution is 4.98. The highest BCUT2D eigenvalue weighted by Gasteiger charge is 2.31. The molecule has 0 aromatic carbocycles. The van der Waals surface area contributed by atoms with Gasteiger partial charge in [-0.05, 0) is 33.1 Å². The highest BCUT2D eigenvalue weighted by atomic mass is 16.5. The van der Waals surface area contributed by atoms with Crippen LogP contribution in [-0.2, 0) is 4.74 Å². The van der Waals surface area contributed by atoms with E-state index in [-0.39, 0.29) is 11.6 Å². The van der Waals surface area contributed by atoms with Crippen LogP contribution in [0.5, 0.6) is 0 Å². The smallest absolute Gasteiger partial charge is 0.0708 e. The van der Waals surface area contributed by atoms with Crippen LogP contribution < -0.4 is 5.32 Å². The monoisotopic (exact) mass is 195 g/mol. The van der Waals surface area contributed by atoms with E-state index in [1.807, 2.05) is 0 Å². The van der Waals surface area contributed by atoms with Crippen molar-refractivity contribution < 1.29 is 4.74 Å². The first-order valence-corrected chi connectivity index (χ1v) is 5.44. The number of hydrogen-bond donors (Lipinski definition) is 1. The minimum absolute atomic E-state index is 0.0597. The molecule has 2 heteroatoms. The fourth-order valence-electron chi connectivity index (χ4n) is 1.82. The van der Waals surface area contributed by atoms with E-state index in [1.54, 1.807) is 0 Å². The molecule has 1 saturated heterocycles. The maximum absolute atomic E-state index is 5.86. The molecule has 1 aliphatic heterocycles. The van der Waals surface area contributed by atoms with Crippen molar-refractivity contribution in [2.24, 2.45) is 0 Å². The summed E-state index contributed by atoms with van der Waals surface area (Å²) < 4.78 is 5.86. The zero-order chi connectivity index (χ0) is 10.6. The topological polar surface area (TPSA) is 21.3 Å². The number of hydrogen-bond acceptors (Lipinski definition) is 2. The minimum atomic E-state index is 0.0597. The largest absolute Gasteiger partial charge is 0.371 e. The molecule has 14 heavy (non-hydrogen) atoms. The van der Waals surface area contributed by atoms with E-state index in [2.05, 4.69) is 32.0 Å². The summed E-state index contributed by atoms with van der Waals surface area (Å²) in [5, 5.41) is 3.34. The van der Waals surface area contributed by atoms with Crippen molar-refractivity contribution in [1.82, 2.24) is 5.32 Å².